The van der Waals surface area contributed by atoms with Gasteiger partial charge in [-0.25, -0.2) is 0 Å². The second-order valence-electron chi connectivity index (χ2n) is 12.4. The van der Waals surface area contributed by atoms with Crippen LogP contribution in [0, 0.1) is 5.92 Å². The molecule has 6 rings (SSSR count). The molecule has 258 valence electrons. The molecule has 14 heteroatoms. The van der Waals surface area contributed by atoms with E-state index in [0.717, 1.165) is 17.7 Å². The van der Waals surface area contributed by atoms with Crippen LogP contribution in [-0.4, -0.2) is 86.5 Å². The minimum atomic E-state index is -1.62. The summed E-state index contributed by atoms with van der Waals surface area (Å²) in [5.74, 6) is -1.82. The van der Waals surface area contributed by atoms with E-state index in [-0.39, 0.29) is 33.9 Å². The SMILES string of the molecule is CC(C)CCC1C2=NC=CC2=CN1O[C@@H]1[C@@H](Oc2ccc3c(=O)c(-c4ccc(O)cc4)coc3c2)O[C@@H](COC(=O)CC(=O)O)[C@H](O)[C@H]1O. The molecule has 0 radical (unpaired) electrons. The molecule has 0 amide bonds. The Bertz CT molecular complexity index is 1860. The quantitative estimate of drug-likeness (QED) is 0.161. The van der Waals surface area contributed by atoms with Crippen molar-refractivity contribution in [2.24, 2.45) is 10.9 Å². The lowest BCUT2D eigenvalue weighted by atomic mass is 9.98. The average molecular weight is 677 g/mol. The van der Waals surface area contributed by atoms with E-state index >= 15 is 0 Å². The minimum Gasteiger partial charge on any atom is -0.508 e. The van der Waals surface area contributed by atoms with E-state index in [0.29, 0.717) is 23.5 Å². The number of aliphatic carboxylic acids is 1. The van der Waals surface area contributed by atoms with E-state index in [2.05, 4.69) is 18.8 Å². The predicted octanol–water partition coefficient (Wildman–Crippen LogP) is 3.28. The summed E-state index contributed by atoms with van der Waals surface area (Å²) >= 11 is 0. The summed E-state index contributed by atoms with van der Waals surface area (Å²) < 4.78 is 23.0. The molecule has 0 bridgehead atoms. The van der Waals surface area contributed by atoms with Crippen LogP contribution in [0.2, 0.25) is 0 Å². The molecule has 0 spiro atoms. The first kappa shape index (κ1) is 33.9. The second-order valence-corrected chi connectivity index (χ2v) is 12.4. The molecule has 1 saturated heterocycles. The molecule has 0 saturated carbocycles. The number of phenolic OH excluding ortho intramolecular Hbond substituents is 1. The standard InChI is InChI=1S/C35H36N2O12/c1-18(2)3-10-25-30-20(11-12-36-30)15-37(25)49-34-33(44)32(43)27(17-46-29(41)14-28(39)40)48-35(34)47-22-8-9-23-26(13-22)45-16-24(31(23)42)19-4-6-21(38)7-5-19/h4-9,11-13,15-16,18,25,27,32-35,38,43-44H,3,10,14,17H2,1-2H3,(H,39,40)/t25?,27-,32-,33+,34-,35-/m0/s1. The van der Waals surface area contributed by atoms with Crippen LogP contribution < -0.4 is 10.2 Å². The Kier molecular flexibility index (Phi) is 9.83. The van der Waals surface area contributed by atoms with Gasteiger partial charge in [-0.3, -0.25) is 29.3 Å². The van der Waals surface area contributed by atoms with Gasteiger partial charge in [0.05, 0.1) is 22.7 Å². The summed E-state index contributed by atoms with van der Waals surface area (Å²) in [4.78, 5) is 47.0. The second kappa shape index (κ2) is 14.2. The van der Waals surface area contributed by atoms with Gasteiger partial charge in [0, 0.05) is 24.0 Å². The number of aliphatic hydroxyl groups is 2. The lowest BCUT2D eigenvalue weighted by molar-refractivity contribution is -0.330. The fourth-order valence-electron chi connectivity index (χ4n) is 5.85. The van der Waals surface area contributed by atoms with E-state index in [1.54, 1.807) is 29.6 Å². The number of hydrogen-bond donors (Lipinski definition) is 4. The van der Waals surface area contributed by atoms with Crippen LogP contribution >= 0.6 is 0 Å². The maximum absolute atomic E-state index is 13.3. The fourth-order valence-corrected chi connectivity index (χ4v) is 5.85. The number of benzene rings is 2. The molecule has 1 unspecified atom stereocenters. The van der Waals surface area contributed by atoms with Gasteiger partial charge in [-0.15, -0.1) is 0 Å². The third-order valence-corrected chi connectivity index (χ3v) is 8.44. The Balaban J connectivity index is 1.27. The number of aliphatic imine (C=N–C) groups is 1. The third kappa shape index (κ3) is 7.37. The molecular weight excluding hydrogens is 640 g/mol. The predicted molar refractivity (Wildman–Crippen MR) is 173 cm³/mol. The van der Waals surface area contributed by atoms with Crippen molar-refractivity contribution in [3.05, 3.63) is 83.0 Å². The van der Waals surface area contributed by atoms with Crippen LogP contribution in [0.3, 0.4) is 0 Å². The summed E-state index contributed by atoms with van der Waals surface area (Å²) in [5.41, 5.74) is 2.38. The Morgan fingerprint density at radius 3 is 2.59 bits per heavy atom. The molecule has 2 aromatic carbocycles. The number of esters is 1. The fraction of sp³-hybridized carbons (Fsp3) is 0.371. The highest BCUT2D eigenvalue weighted by molar-refractivity contribution is 6.10. The number of hydroxylamine groups is 2. The number of rotatable bonds is 12. The number of ether oxygens (including phenoxy) is 3. The smallest absolute Gasteiger partial charge is 0.317 e. The molecule has 6 atom stereocenters. The first-order valence-electron chi connectivity index (χ1n) is 15.8. The number of nitrogens with zero attached hydrogens (tertiary/aromatic N) is 2. The van der Waals surface area contributed by atoms with Crippen LogP contribution in [0.4, 0.5) is 0 Å². The summed E-state index contributed by atoms with van der Waals surface area (Å²) in [6.45, 7) is 3.63. The van der Waals surface area contributed by atoms with Crippen molar-refractivity contribution in [2.75, 3.05) is 6.61 Å². The van der Waals surface area contributed by atoms with Crippen LogP contribution in [-0.2, 0) is 23.9 Å². The van der Waals surface area contributed by atoms with Gasteiger partial charge in [0.25, 0.3) is 0 Å². The topological polar surface area (TPSA) is 198 Å². The number of carbonyl (C=O) groups is 2. The van der Waals surface area contributed by atoms with Crippen molar-refractivity contribution in [1.29, 1.82) is 0 Å². The molecule has 14 nitrogen and oxygen atoms in total. The first-order chi connectivity index (χ1) is 23.5. The third-order valence-electron chi connectivity index (χ3n) is 8.44. The van der Waals surface area contributed by atoms with Crippen molar-refractivity contribution >= 4 is 28.6 Å². The molecule has 0 aliphatic carbocycles. The monoisotopic (exact) mass is 676 g/mol. The molecule has 3 aromatic rings. The van der Waals surface area contributed by atoms with Crippen LogP contribution in [0.1, 0.15) is 33.1 Å². The molecule has 49 heavy (non-hydrogen) atoms. The molecule has 4 N–H and O–H groups in total. The molecular formula is C35H36N2O12. The van der Waals surface area contributed by atoms with Crippen molar-refractivity contribution in [3.63, 3.8) is 0 Å². The van der Waals surface area contributed by atoms with Gasteiger partial charge >= 0.3 is 11.9 Å². The van der Waals surface area contributed by atoms with Gasteiger partial charge in [0.15, 0.2) is 11.5 Å². The minimum absolute atomic E-state index is 0.0575. The van der Waals surface area contributed by atoms with Crippen molar-refractivity contribution in [1.82, 2.24) is 5.06 Å². The van der Waals surface area contributed by atoms with E-state index in [1.165, 1.54) is 36.6 Å². The maximum atomic E-state index is 13.3. The summed E-state index contributed by atoms with van der Waals surface area (Å²) in [5, 5.41) is 42.7. The lowest BCUT2D eigenvalue weighted by Crippen LogP contribution is -2.62. The average Bonchev–Trinajstić information content (AvgIpc) is 3.64. The summed E-state index contributed by atoms with van der Waals surface area (Å²) in [6, 6.07) is 10.3. The zero-order valence-electron chi connectivity index (χ0n) is 26.7. The molecule has 4 heterocycles. The molecule has 3 aliphatic heterocycles. The van der Waals surface area contributed by atoms with E-state index in [1.807, 2.05) is 6.08 Å². The largest absolute Gasteiger partial charge is 0.508 e. The number of hydrogen-bond acceptors (Lipinski definition) is 13. The zero-order chi connectivity index (χ0) is 34.8. The van der Waals surface area contributed by atoms with Crippen LogP contribution in [0.5, 0.6) is 11.5 Å². The number of aliphatic hydroxyl groups excluding tert-OH is 2. The van der Waals surface area contributed by atoms with Gasteiger partial charge in [-0.1, -0.05) is 26.0 Å². The van der Waals surface area contributed by atoms with Crippen molar-refractivity contribution in [2.45, 2.75) is 69.9 Å². The van der Waals surface area contributed by atoms with Crippen molar-refractivity contribution < 1.29 is 53.5 Å². The first-order valence-corrected chi connectivity index (χ1v) is 15.8. The highest BCUT2D eigenvalue weighted by Crippen LogP contribution is 2.34. The van der Waals surface area contributed by atoms with E-state index in [9.17, 15) is 29.7 Å². The highest BCUT2D eigenvalue weighted by Gasteiger charge is 2.49. The Hall–Kier alpha value is -5.02. The molecule has 1 aromatic heterocycles. The van der Waals surface area contributed by atoms with Gasteiger partial charge in [-0.05, 0) is 54.7 Å². The van der Waals surface area contributed by atoms with Gasteiger partial charge in [0.2, 0.25) is 6.29 Å². The normalized spacial score (nSPS) is 24.6. The number of aromatic hydroxyl groups is 1. The Morgan fingerprint density at radius 1 is 1.08 bits per heavy atom. The van der Waals surface area contributed by atoms with Gasteiger partial charge in [0.1, 0.15) is 54.7 Å². The number of carbonyl (C=O) groups excluding carboxylic acids is 1. The number of carboxylic acid groups (broad SMARTS) is 1. The summed E-state index contributed by atoms with van der Waals surface area (Å²) in [7, 11) is 0. The number of phenols is 1. The van der Waals surface area contributed by atoms with E-state index in [4.69, 9.17) is 28.6 Å². The summed E-state index contributed by atoms with van der Waals surface area (Å²) in [6.07, 6.45) is -0.00920. The number of allylic oxidation sites excluding steroid dienone is 1. The highest BCUT2D eigenvalue weighted by atomic mass is 16.8. The maximum Gasteiger partial charge on any atom is 0.317 e. The molecule has 1 fully saturated rings. The van der Waals surface area contributed by atoms with Crippen LogP contribution in [0.25, 0.3) is 22.1 Å². The van der Waals surface area contributed by atoms with Gasteiger partial charge < -0.3 is 39.1 Å². The Labute approximate surface area is 280 Å². The van der Waals surface area contributed by atoms with Crippen molar-refractivity contribution in [3.8, 4) is 22.6 Å². The number of carboxylic acids is 1. The van der Waals surface area contributed by atoms with Crippen LogP contribution in [0.15, 0.2) is 87.0 Å². The Morgan fingerprint density at radius 2 is 1.86 bits per heavy atom. The lowest BCUT2D eigenvalue weighted by Gasteiger charge is -2.43. The van der Waals surface area contributed by atoms with E-state index < -0.39 is 55.7 Å². The van der Waals surface area contributed by atoms with Gasteiger partial charge in [-0.2, -0.15) is 0 Å². The zero-order valence-corrected chi connectivity index (χ0v) is 26.7. The number of fused-ring (bicyclic) bond motifs is 2. The molecule has 3 aliphatic rings.